The second-order valence-corrected chi connectivity index (χ2v) is 11.8. The van der Waals surface area contributed by atoms with Crippen molar-refractivity contribution >= 4 is 60.8 Å². The van der Waals surface area contributed by atoms with Crippen LogP contribution in [0.2, 0.25) is 0 Å². The summed E-state index contributed by atoms with van der Waals surface area (Å²) in [6, 6.07) is -40.0. The molecule has 0 unspecified atom stereocenters. The van der Waals surface area contributed by atoms with Gasteiger partial charge in [-0.05, 0) is 94.3 Å². The van der Waals surface area contributed by atoms with Crippen LogP contribution in [0.5, 0.6) is 0 Å². The van der Waals surface area contributed by atoms with Gasteiger partial charge in [-0.1, -0.05) is 151 Å². The molecule has 0 N–H and O–H groups in total. The Morgan fingerprint density at radius 1 is 0.368 bits per heavy atom. The third kappa shape index (κ3) is 5.60. The van der Waals surface area contributed by atoms with Gasteiger partial charge in [0.15, 0.2) is 0 Å². The van der Waals surface area contributed by atoms with Crippen LogP contribution >= 0.6 is 0 Å². The van der Waals surface area contributed by atoms with Crippen molar-refractivity contribution in [3.8, 4) is 39.1 Å². The molecule has 0 amide bonds. The lowest BCUT2D eigenvalue weighted by molar-refractivity contribution is 0.670. The number of hydrogen-bond acceptors (Lipinski definition) is 2. The van der Waals surface area contributed by atoms with Gasteiger partial charge in [-0.2, -0.15) is 0 Å². The Morgan fingerprint density at radius 3 is 1.39 bits per heavy atom. The molecule has 0 spiro atoms. The van der Waals surface area contributed by atoms with Crippen molar-refractivity contribution in [2.45, 2.75) is 0 Å². The molecule has 0 aliphatic rings. The van der Waals surface area contributed by atoms with E-state index in [0.29, 0.717) is 4.57 Å². The van der Waals surface area contributed by atoms with Crippen LogP contribution in [0.4, 0.5) is 17.1 Å². The van der Waals surface area contributed by atoms with Gasteiger partial charge in [-0.3, -0.25) is 0 Å². The third-order valence-corrected chi connectivity index (χ3v) is 8.62. The van der Waals surface area contributed by atoms with Crippen LogP contribution in [0.15, 0.2) is 222 Å². The second kappa shape index (κ2) is 13.6. The molecule has 0 radical (unpaired) electrons. The van der Waals surface area contributed by atoms with Crippen molar-refractivity contribution in [1.82, 2.24) is 4.57 Å². The van der Waals surface area contributed by atoms with Gasteiger partial charge in [-0.25, -0.2) is 0 Å². The molecule has 0 atom stereocenters. The van der Waals surface area contributed by atoms with Gasteiger partial charge in [0.05, 0.1) is 66.1 Å². The summed E-state index contributed by atoms with van der Waals surface area (Å²) in [4.78, 5) is 0.246. The highest BCUT2D eigenvalue weighted by Crippen LogP contribution is 2.47. The normalized spacial score (nSPS) is 20.4. The third-order valence-electron chi connectivity index (χ3n) is 8.62. The fraction of sp³-hybridized carbons (Fsp3) is 0. The van der Waals surface area contributed by atoms with Crippen LogP contribution in [0, 0.1) is 0 Å². The van der Waals surface area contributed by atoms with Gasteiger partial charge in [0.25, 0.3) is 0 Å². The average Bonchev–Trinajstić information content (AvgIpc) is 1.63. The van der Waals surface area contributed by atoms with E-state index in [2.05, 4.69) is 0 Å². The van der Waals surface area contributed by atoms with Crippen LogP contribution < -0.4 is 4.90 Å². The van der Waals surface area contributed by atoms with Crippen molar-refractivity contribution < 1.29 is 53.8 Å². The molecule has 11 aromatic rings. The monoisotopic (exact) mass is 765 g/mol. The number of nitrogens with zero attached hydrogens (tertiary/aromatic N) is 2. The van der Waals surface area contributed by atoms with Crippen molar-refractivity contribution in [2.75, 3.05) is 4.90 Å². The van der Waals surface area contributed by atoms with E-state index in [1.165, 1.54) is 0 Å². The fourth-order valence-electron chi connectivity index (χ4n) is 6.16. The summed E-state index contributed by atoms with van der Waals surface area (Å²) < 4.78 is 334. The van der Waals surface area contributed by atoms with E-state index in [-0.39, 0.29) is 4.90 Å². The highest BCUT2D eigenvalue weighted by Gasteiger charge is 2.23. The lowest BCUT2D eigenvalue weighted by atomic mass is 9.97. The lowest BCUT2D eigenvalue weighted by Gasteiger charge is -2.28. The van der Waals surface area contributed by atoms with Gasteiger partial charge in [0.1, 0.15) is 11.2 Å². The smallest absolute Gasteiger partial charge is 0.145 e. The van der Waals surface area contributed by atoms with Gasteiger partial charge < -0.3 is 13.9 Å². The van der Waals surface area contributed by atoms with Crippen LogP contribution in [0.1, 0.15) is 49.3 Å². The minimum Gasteiger partial charge on any atom is -0.455 e. The highest BCUT2D eigenvalue weighted by molar-refractivity contribution is 6.13. The maximum Gasteiger partial charge on any atom is 0.145 e. The Hall–Kier alpha value is -7.62. The molecular formula is C54H36N2O. The van der Waals surface area contributed by atoms with E-state index in [1.54, 1.807) is 0 Å². The largest absolute Gasteiger partial charge is 0.455 e. The van der Waals surface area contributed by atoms with E-state index >= 15 is 0 Å². The van der Waals surface area contributed by atoms with Crippen LogP contribution in [-0.4, -0.2) is 4.57 Å². The predicted octanol–water partition coefficient (Wildman–Crippen LogP) is 15.2. The van der Waals surface area contributed by atoms with Crippen molar-refractivity contribution in [2.24, 2.45) is 0 Å². The fourth-order valence-corrected chi connectivity index (χ4v) is 6.16. The van der Waals surface area contributed by atoms with E-state index in [4.69, 9.17) is 34.6 Å². The zero-order chi connectivity index (χ0) is 69.0. The number of furan rings is 1. The Kier molecular flexibility index (Phi) is 3.03. The Bertz CT molecular complexity index is 5000. The second-order valence-electron chi connectivity index (χ2n) is 11.8. The Balaban J connectivity index is 1.41. The number of benzene rings is 9. The molecule has 268 valence electrons. The first-order valence-electron chi connectivity index (χ1n) is 34.5. The quantitative estimate of drug-likeness (QED) is 0.161. The molecule has 57 heavy (non-hydrogen) atoms. The van der Waals surface area contributed by atoms with Crippen LogP contribution in [0.25, 0.3) is 82.8 Å². The molecule has 0 saturated carbocycles. The molecule has 0 aliphatic heterocycles. The Labute approximate surface area is 381 Å². The van der Waals surface area contributed by atoms with Crippen LogP contribution in [0.3, 0.4) is 0 Å². The summed E-state index contributed by atoms with van der Waals surface area (Å²) in [7, 11) is 0. The molecule has 2 aromatic heterocycles. The number of aromatic nitrogens is 1. The SMILES string of the molecule is [2H]c1c([2H])c([2H])c(-c2c([2H])c([2H])c(N(c3c([2H])c([2H])c(-c4c([2H])c([2H])c([2H])c([2H])c4[2H])c([2H])c3[2H])c3c([2H])c([2H])c4c(oc5c([2H])c([2H])c([2H])c([2H])c54)c3-c3c([2H])c([2H])c(-n4c5c([2H])c([2H])c([2H])c([2H])c5c5c([2H])c([2H])c([2H])c([2H])c54)c([2H])c3[2H])c([2H])c2[2H])c([2H])c1[2H]. The summed E-state index contributed by atoms with van der Waals surface area (Å²) in [5, 5.41) is -2.63. The summed E-state index contributed by atoms with van der Waals surface area (Å²) in [5.41, 5.74) is -14.3. The molecule has 0 aliphatic carbocycles. The van der Waals surface area contributed by atoms with E-state index in [1.807, 2.05) is 0 Å². The molecule has 9 aromatic carbocycles. The number of anilines is 3. The van der Waals surface area contributed by atoms with Crippen molar-refractivity contribution in [1.29, 1.82) is 0 Å². The van der Waals surface area contributed by atoms with E-state index in [0.717, 1.165) is 0 Å². The first-order valence-corrected chi connectivity index (χ1v) is 16.5. The molecule has 3 heteroatoms. The minimum atomic E-state index is -1.40. The topological polar surface area (TPSA) is 21.3 Å². The van der Waals surface area contributed by atoms with E-state index in [9.17, 15) is 19.2 Å². The first kappa shape index (κ1) is 12.7. The molecule has 3 nitrogen and oxygen atoms in total. The predicted molar refractivity (Wildman–Crippen MR) is 239 cm³/mol. The number of hydrogen-bond donors (Lipinski definition) is 0. The minimum absolute atomic E-state index is 0.246. The zero-order valence-electron chi connectivity index (χ0n) is 64.3. The summed E-state index contributed by atoms with van der Waals surface area (Å²) in [5.74, 6) is 0. The number of para-hydroxylation sites is 3. The molecule has 0 fully saturated rings. The van der Waals surface area contributed by atoms with Gasteiger partial charge in [0, 0.05) is 44.2 Å². The van der Waals surface area contributed by atoms with Crippen LogP contribution in [-0.2, 0) is 0 Å². The molecule has 0 bridgehead atoms. The molecule has 11 rings (SSSR count). The van der Waals surface area contributed by atoms with Gasteiger partial charge in [0.2, 0.25) is 0 Å². The van der Waals surface area contributed by atoms with Crippen molar-refractivity contribution in [3.63, 3.8) is 0 Å². The molecule has 0 saturated heterocycles. The molecule has 2 heterocycles. The standard InChI is InChI=1S/C54H36N2O/c1-3-13-37(14-4-1)39-23-29-42(30-24-39)55(43-31-25-40(26-32-43)38-15-5-2-6-16-38)51-36-35-48-47-19-9-12-22-52(47)57-54(48)53(51)41-27-33-44(34-28-41)56-49-20-10-7-17-45(49)46-18-8-11-21-50(46)56/h1-36H/i1D,2D,3D,4D,5D,6D,7D,8D,9D,10D,11D,12D,13D,14D,15D,16D,17D,18D,19D,20D,21D,22D,23D,24D,25D,26D,27D,28D,29D,30D,31D,32D,33D,34D,35D,36D. The lowest BCUT2D eigenvalue weighted by Crippen LogP contribution is -2.11. The number of fused-ring (bicyclic) bond motifs is 6. The maximum atomic E-state index is 10.1. The number of rotatable bonds is 7. The maximum absolute atomic E-state index is 10.1. The zero-order valence-corrected chi connectivity index (χ0v) is 28.3. The highest BCUT2D eigenvalue weighted by atomic mass is 16.3. The Morgan fingerprint density at radius 2 is 0.825 bits per heavy atom. The molecular weight excluding hydrogens is 693 g/mol. The van der Waals surface area contributed by atoms with E-state index < -0.39 is 317 Å². The van der Waals surface area contributed by atoms with Gasteiger partial charge in [-0.15, -0.1) is 0 Å². The summed E-state index contributed by atoms with van der Waals surface area (Å²) in [6.07, 6.45) is 0. The van der Waals surface area contributed by atoms with Crippen molar-refractivity contribution in [3.05, 3.63) is 218 Å². The first-order chi connectivity index (χ1) is 43.3. The summed E-state index contributed by atoms with van der Waals surface area (Å²) >= 11 is 0. The average molecular weight is 765 g/mol. The van der Waals surface area contributed by atoms with Gasteiger partial charge >= 0.3 is 0 Å². The summed E-state index contributed by atoms with van der Waals surface area (Å²) in [6.45, 7) is 0.